The van der Waals surface area contributed by atoms with Crippen molar-refractivity contribution < 1.29 is 37.1 Å². The van der Waals surface area contributed by atoms with E-state index in [9.17, 15) is 23.2 Å². The van der Waals surface area contributed by atoms with E-state index < -0.39 is 35.5 Å². The minimum atomic E-state index is -1.24. The number of methoxy groups -OCH3 is 1. The maximum absolute atomic E-state index is 13.4. The van der Waals surface area contributed by atoms with Crippen molar-refractivity contribution in [1.29, 1.82) is 0 Å². The van der Waals surface area contributed by atoms with E-state index in [0.717, 1.165) is 0 Å². The molecule has 1 unspecified atom stereocenters. The number of H-pyrrole nitrogens is 1. The molecule has 1 aromatic carbocycles. The Bertz CT molecular complexity index is 1260. The van der Waals surface area contributed by atoms with Crippen molar-refractivity contribution in [3.8, 4) is 0 Å². The second kappa shape index (κ2) is 11.1. The largest absolute Gasteiger partial charge is 0.464 e. The van der Waals surface area contributed by atoms with Crippen LogP contribution in [-0.4, -0.2) is 46.7 Å². The topological polar surface area (TPSA) is 148 Å². The molecule has 0 saturated heterocycles. The fourth-order valence-corrected chi connectivity index (χ4v) is 3.12. The van der Waals surface area contributed by atoms with Crippen molar-refractivity contribution in [2.24, 2.45) is 0 Å². The summed E-state index contributed by atoms with van der Waals surface area (Å²) in [5, 5.41) is 10.8. The highest BCUT2D eigenvalue weighted by Gasteiger charge is 2.28. The molecule has 14 heteroatoms. The van der Waals surface area contributed by atoms with Crippen LogP contribution in [0.3, 0.4) is 0 Å². The molecule has 0 saturated carbocycles. The summed E-state index contributed by atoms with van der Waals surface area (Å²) < 4.78 is 42.2. The van der Waals surface area contributed by atoms with Gasteiger partial charge in [-0.3, -0.25) is 14.7 Å². The standard InChI is InChI=1S/C21H20ClF2N5O6/c1-4-34-21(32)17(33-3)20-26-9(2)15(35-20)8-25-19(31)14-7-16(29-28-14)27-18(30)10-5-12(23)13(24)6-11(10)22/h5-7,17H,4,8H2,1-3H3,(H,25,31)(H2,27,28,29,30). The van der Waals surface area contributed by atoms with E-state index in [2.05, 4.69) is 25.8 Å². The van der Waals surface area contributed by atoms with Gasteiger partial charge < -0.3 is 24.5 Å². The van der Waals surface area contributed by atoms with E-state index in [4.69, 9.17) is 25.5 Å². The van der Waals surface area contributed by atoms with Crippen LogP contribution in [0, 0.1) is 18.6 Å². The lowest BCUT2D eigenvalue weighted by molar-refractivity contribution is -0.156. The molecule has 0 aliphatic carbocycles. The normalized spacial score (nSPS) is 11.7. The van der Waals surface area contributed by atoms with Crippen molar-refractivity contribution in [1.82, 2.24) is 20.5 Å². The van der Waals surface area contributed by atoms with Gasteiger partial charge >= 0.3 is 5.97 Å². The van der Waals surface area contributed by atoms with E-state index in [1.165, 1.54) is 13.2 Å². The summed E-state index contributed by atoms with van der Waals surface area (Å²) >= 11 is 5.79. The number of nitrogens with one attached hydrogen (secondary N) is 3. The first kappa shape index (κ1) is 25.8. The smallest absolute Gasteiger partial charge is 0.345 e. The van der Waals surface area contributed by atoms with Crippen molar-refractivity contribution in [3.63, 3.8) is 0 Å². The van der Waals surface area contributed by atoms with Crippen LogP contribution in [0.4, 0.5) is 14.6 Å². The Labute approximate surface area is 202 Å². The number of nitrogens with zero attached hydrogens (tertiary/aromatic N) is 2. The van der Waals surface area contributed by atoms with Crippen molar-refractivity contribution in [2.75, 3.05) is 19.0 Å². The summed E-state index contributed by atoms with van der Waals surface area (Å²) in [6.07, 6.45) is -1.15. The molecule has 3 N–H and O–H groups in total. The Balaban J connectivity index is 1.63. The van der Waals surface area contributed by atoms with Gasteiger partial charge in [-0.1, -0.05) is 11.6 Å². The SMILES string of the molecule is CCOC(=O)C(OC)c1nc(C)c(CNC(=O)c2cc(NC(=O)c3cc(F)c(F)cc3Cl)n[nH]2)o1. The molecule has 0 aliphatic rings. The first-order valence-corrected chi connectivity index (χ1v) is 10.5. The number of oxazole rings is 1. The molecular formula is C21H20ClF2N5O6. The monoisotopic (exact) mass is 511 g/mol. The predicted molar refractivity (Wildman–Crippen MR) is 117 cm³/mol. The third-order valence-corrected chi connectivity index (χ3v) is 4.91. The number of halogens is 3. The summed E-state index contributed by atoms with van der Waals surface area (Å²) in [5.41, 5.74) is 0.0938. The third-order valence-electron chi connectivity index (χ3n) is 4.60. The quantitative estimate of drug-likeness (QED) is 0.293. The highest BCUT2D eigenvalue weighted by Crippen LogP contribution is 2.22. The molecule has 3 aromatic rings. The van der Waals surface area contributed by atoms with Gasteiger partial charge in [0, 0.05) is 13.2 Å². The molecule has 0 radical (unpaired) electrons. The fourth-order valence-electron chi connectivity index (χ4n) is 2.88. The Morgan fingerprint density at radius 3 is 2.60 bits per heavy atom. The number of rotatable bonds is 9. The molecule has 0 bridgehead atoms. The molecule has 1 atom stereocenters. The van der Waals surface area contributed by atoms with E-state index >= 15 is 0 Å². The van der Waals surface area contributed by atoms with E-state index in [1.54, 1.807) is 13.8 Å². The maximum Gasteiger partial charge on any atom is 0.345 e. The maximum atomic E-state index is 13.4. The summed E-state index contributed by atoms with van der Waals surface area (Å²) in [7, 11) is 1.30. The van der Waals surface area contributed by atoms with Crippen LogP contribution in [0.1, 0.15) is 51.2 Å². The zero-order chi connectivity index (χ0) is 25.7. The zero-order valence-corrected chi connectivity index (χ0v) is 19.5. The second-order valence-electron chi connectivity index (χ2n) is 6.98. The first-order chi connectivity index (χ1) is 16.6. The molecule has 0 aliphatic heterocycles. The van der Waals surface area contributed by atoms with Gasteiger partial charge in [-0.15, -0.1) is 0 Å². The second-order valence-corrected chi connectivity index (χ2v) is 7.39. The number of hydrogen-bond donors (Lipinski definition) is 3. The Kier molecular flexibility index (Phi) is 8.14. The Hall–Kier alpha value is -3.84. The van der Waals surface area contributed by atoms with Crippen LogP contribution in [0.25, 0.3) is 0 Å². The minimum absolute atomic E-state index is 0.0182. The highest BCUT2D eigenvalue weighted by atomic mass is 35.5. The van der Waals surface area contributed by atoms with Crippen molar-refractivity contribution in [3.05, 3.63) is 63.5 Å². The number of aryl methyl sites for hydroxylation is 1. The van der Waals surface area contributed by atoms with Crippen LogP contribution in [0.5, 0.6) is 0 Å². The van der Waals surface area contributed by atoms with Gasteiger partial charge in [0.2, 0.25) is 12.0 Å². The van der Waals surface area contributed by atoms with Crippen LogP contribution in [-0.2, 0) is 20.8 Å². The van der Waals surface area contributed by atoms with Gasteiger partial charge in [-0.2, -0.15) is 5.10 Å². The van der Waals surface area contributed by atoms with E-state index in [0.29, 0.717) is 17.8 Å². The molecule has 35 heavy (non-hydrogen) atoms. The summed E-state index contributed by atoms with van der Waals surface area (Å²) in [5.74, 6) is -4.36. The average molecular weight is 512 g/mol. The van der Waals surface area contributed by atoms with Crippen LogP contribution >= 0.6 is 11.6 Å². The van der Waals surface area contributed by atoms with Gasteiger partial charge in [0.25, 0.3) is 11.8 Å². The number of esters is 1. The van der Waals surface area contributed by atoms with Crippen LogP contribution in [0.15, 0.2) is 22.6 Å². The van der Waals surface area contributed by atoms with Crippen molar-refractivity contribution in [2.45, 2.75) is 26.5 Å². The minimum Gasteiger partial charge on any atom is -0.464 e. The molecule has 0 fully saturated rings. The number of hydrogen-bond acceptors (Lipinski definition) is 8. The molecule has 3 rings (SSSR count). The Morgan fingerprint density at radius 2 is 1.91 bits per heavy atom. The fraction of sp³-hybridized carbons (Fsp3) is 0.286. The highest BCUT2D eigenvalue weighted by molar-refractivity contribution is 6.34. The van der Waals surface area contributed by atoms with E-state index in [1.807, 2.05) is 0 Å². The molecule has 11 nitrogen and oxygen atoms in total. The summed E-state index contributed by atoms with van der Waals surface area (Å²) in [6.45, 7) is 3.35. The van der Waals surface area contributed by atoms with Gasteiger partial charge in [0.05, 0.1) is 29.4 Å². The predicted octanol–water partition coefficient (Wildman–Crippen LogP) is 3.07. The molecule has 2 aromatic heterocycles. The van der Waals surface area contributed by atoms with Crippen LogP contribution in [0.2, 0.25) is 5.02 Å². The van der Waals surface area contributed by atoms with Gasteiger partial charge in [0.15, 0.2) is 17.5 Å². The average Bonchev–Trinajstić information content (AvgIpc) is 3.41. The third kappa shape index (κ3) is 6.00. The molecule has 0 spiro atoms. The lowest BCUT2D eigenvalue weighted by Gasteiger charge is -2.09. The number of aromatic amines is 1. The number of carbonyl (C=O) groups is 3. The molecule has 2 amide bonds. The lowest BCUT2D eigenvalue weighted by atomic mass is 10.2. The summed E-state index contributed by atoms with van der Waals surface area (Å²) in [4.78, 5) is 40.9. The lowest BCUT2D eigenvalue weighted by Crippen LogP contribution is -2.23. The zero-order valence-electron chi connectivity index (χ0n) is 18.7. The van der Waals surface area contributed by atoms with Gasteiger partial charge in [-0.25, -0.2) is 18.6 Å². The van der Waals surface area contributed by atoms with E-state index in [-0.39, 0.29) is 46.9 Å². The van der Waals surface area contributed by atoms with Gasteiger partial charge in [-0.05, 0) is 26.0 Å². The Morgan fingerprint density at radius 1 is 1.20 bits per heavy atom. The molecule has 2 heterocycles. The number of aromatic nitrogens is 3. The number of benzene rings is 1. The summed E-state index contributed by atoms with van der Waals surface area (Å²) in [6, 6.07) is 2.55. The van der Waals surface area contributed by atoms with Crippen LogP contribution < -0.4 is 10.6 Å². The first-order valence-electron chi connectivity index (χ1n) is 10.1. The number of ether oxygens (including phenoxy) is 2. The number of carbonyl (C=O) groups excluding carboxylic acids is 3. The number of anilines is 1. The van der Waals surface area contributed by atoms with Gasteiger partial charge in [0.1, 0.15) is 11.5 Å². The number of amides is 2. The molecular weight excluding hydrogens is 492 g/mol. The van der Waals surface area contributed by atoms with Crippen molar-refractivity contribution >= 4 is 35.2 Å². The molecule has 186 valence electrons.